The molecule has 22 heavy (non-hydrogen) atoms. The molecular formula is C16H16F3NO2. The van der Waals surface area contributed by atoms with E-state index in [0.29, 0.717) is 16.8 Å². The smallest absolute Gasteiger partial charge is 0.406 e. The highest BCUT2D eigenvalue weighted by Crippen LogP contribution is 2.27. The van der Waals surface area contributed by atoms with Crippen LogP contribution in [0.15, 0.2) is 54.3 Å². The normalized spacial score (nSPS) is 17.8. The van der Waals surface area contributed by atoms with E-state index < -0.39 is 6.36 Å². The van der Waals surface area contributed by atoms with E-state index in [0.717, 1.165) is 5.57 Å². The van der Waals surface area contributed by atoms with Crippen LogP contribution < -0.4 is 10.1 Å². The minimum absolute atomic E-state index is 0. The van der Waals surface area contributed by atoms with Crippen molar-refractivity contribution in [3.63, 3.8) is 0 Å². The summed E-state index contributed by atoms with van der Waals surface area (Å²) in [5, 5.41) is 2.69. The first kappa shape index (κ1) is 15.9. The molecule has 0 spiro atoms. The molecule has 1 fully saturated rings. The van der Waals surface area contributed by atoms with Crippen LogP contribution in [0.3, 0.4) is 0 Å². The Bertz CT molecular complexity index is 661. The molecule has 1 amide bonds. The molecule has 3 nitrogen and oxygen atoms in total. The minimum Gasteiger partial charge on any atom is -0.406 e. The number of carbonyl (C=O) groups is 1. The van der Waals surface area contributed by atoms with Crippen molar-refractivity contribution < 1.29 is 24.1 Å². The summed E-state index contributed by atoms with van der Waals surface area (Å²) in [6.07, 6.45) is -0.919. The molecule has 1 aliphatic heterocycles. The van der Waals surface area contributed by atoms with Crippen LogP contribution in [-0.2, 0) is 4.79 Å². The summed E-state index contributed by atoms with van der Waals surface area (Å²) in [6.45, 7) is 5.60. The molecule has 0 aromatic heterocycles. The molecule has 6 heteroatoms. The van der Waals surface area contributed by atoms with Crippen LogP contribution in [0.1, 0.15) is 20.3 Å². The van der Waals surface area contributed by atoms with E-state index in [1.807, 2.05) is 0 Å². The van der Waals surface area contributed by atoms with Crippen LogP contribution in [0.2, 0.25) is 0 Å². The van der Waals surface area contributed by atoms with E-state index in [-0.39, 0.29) is 19.5 Å². The van der Waals surface area contributed by atoms with Crippen molar-refractivity contribution in [3.8, 4) is 5.75 Å². The molecule has 1 aromatic rings. The Morgan fingerprint density at radius 1 is 1.36 bits per heavy atom. The second-order valence-electron chi connectivity index (χ2n) is 4.70. The van der Waals surface area contributed by atoms with Crippen LogP contribution >= 0.6 is 0 Å². The van der Waals surface area contributed by atoms with Gasteiger partial charge < -0.3 is 10.1 Å². The van der Waals surface area contributed by atoms with Gasteiger partial charge in [0.15, 0.2) is 0 Å². The number of ether oxygens (including phenoxy) is 1. The molecule has 2 rings (SSSR count). The number of rotatable bonds is 3. The van der Waals surface area contributed by atoms with Gasteiger partial charge in [0.2, 0.25) is 5.91 Å². The van der Waals surface area contributed by atoms with Gasteiger partial charge in [-0.2, -0.15) is 0 Å². The largest absolute Gasteiger partial charge is 0.573 e. The van der Waals surface area contributed by atoms with Crippen molar-refractivity contribution in [1.82, 2.24) is 5.32 Å². The number of hydrogen-bond acceptors (Lipinski definition) is 2. The first-order chi connectivity index (χ1) is 10.3. The average Bonchev–Trinajstić information content (AvgIpc) is 2.73. The van der Waals surface area contributed by atoms with E-state index in [1.54, 1.807) is 19.1 Å². The third kappa shape index (κ3) is 4.00. The fraction of sp³-hybridized carbons (Fsp3) is 0.188. The highest BCUT2D eigenvalue weighted by Gasteiger charge is 2.31. The number of benzene rings is 1. The van der Waals surface area contributed by atoms with Crippen molar-refractivity contribution in [2.24, 2.45) is 0 Å². The molecule has 0 bridgehead atoms. The van der Waals surface area contributed by atoms with Gasteiger partial charge in [0, 0.05) is 7.12 Å². The number of allylic oxidation sites excluding steroid dienone is 4. The summed E-state index contributed by atoms with van der Waals surface area (Å²) in [4.78, 5) is 11.3. The highest BCUT2D eigenvalue weighted by molar-refractivity contribution is 5.88. The molecule has 1 aromatic carbocycles. The third-order valence-electron chi connectivity index (χ3n) is 3.06. The number of carbonyl (C=O) groups excluding carboxylic acids is 1. The topological polar surface area (TPSA) is 38.3 Å². The third-order valence-corrected chi connectivity index (χ3v) is 3.06. The maximum absolute atomic E-state index is 12.1. The van der Waals surface area contributed by atoms with Crippen LogP contribution in [0.25, 0.3) is 5.57 Å². The van der Waals surface area contributed by atoms with Crippen molar-refractivity contribution in [2.75, 3.05) is 0 Å². The van der Waals surface area contributed by atoms with E-state index >= 15 is 0 Å². The second kappa shape index (κ2) is 6.09. The maximum atomic E-state index is 12.1. The van der Waals surface area contributed by atoms with E-state index in [1.165, 1.54) is 24.3 Å². The monoisotopic (exact) mass is 311 g/mol. The second-order valence-corrected chi connectivity index (χ2v) is 4.70. The van der Waals surface area contributed by atoms with Crippen LogP contribution in [0.4, 0.5) is 13.2 Å². The van der Waals surface area contributed by atoms with Gasteiger partial charge in [0.25, 0.3) is 0 Å². The van der Waals surface area contributed by atoms with Crippen LogP contribution in [0, 0.1) is 0 Å². The Kier molecular flexibility index (Phi) is 4.40. The predicted molar refractivity (Wildman–Crippen MR) is 78.9 cm³/mol. The summed E-state index contributed by atoms with van der Waals surface area (Å²) in [5.74, 6) is -0.404. The lowest BCUT2D eigenvalue weighted by Crippen LogP contribution is -2.17. The summed E-state index contributed by atoms with van der Waals surface area (Å²) in [6, 6.07) is 5.53. The summed E-state index contributed by atoms with van der Waals surface area (Å²) >= 11 is 0. The SMILES string of the molecule is C=C1CC(=O)N/C1=C/C(=C\C)c1ccc(OC(F)(F)F)cc1.[HH]. The van der Waals surface area contributed by atoms with Crippen molar-refractivity contribution in [1.29, 1.82) is 0 Å². The molecule has 1 N–H and O–H groups in total. The number of amides is 1. The van der Waals surface area contributed by atoms with Crippen molar-refractivity contribution >= 4 is 11.5 Å². The Morgan fingerprint density at radius 2 is 2.00 bits per heavy atom. The van der Waals surface area contributed by atoms with E-state index in [2.05, 4.69) is 16.6 Å². The number of hydrogen-bond donors (Lipinski definition) is 1. The van der Waals surface area contributed by atoms with Gasteiger partial charge in [0.05, 0.1) is 6.42 Å². The minimum atomic E-state index is -4.71. The van der Waals surface area contributed by atoms with Crippen LogP contribution in [0.5, 0.6) is 5.75 Å². The van der Waals surface area contributed by atoms with Crippen LogP contribution in [-0.4, -0.2) is 12.3 Å². The highest BCUT2D eigenvalue weighted by atomic mass is 19.4. The Labute approximate surface area is 127 Å². The molecule has 0 aliphatic carbocycles. The zero-order valence-electron chi connectivity index (χ0n) is 11.8. The zero-order valence-corrected chi connectivity index (χ0v) is 11.8. The first-order valence-corrected chi connectivity index (χ1v) is 6.50. The van der Waals surface area contributed by atoms with Gasteiger partial charge in [-0.1, -0.05) is 24.8 Å². The Balaban J connectivity index is 0.00000264. The fourth-order valence-corrected chi connectivity index (χ4v) is 2.05. The molecule has 1 heterocycles. The summed E-state index contributed by atoms with van der Waals surface area (Å²) < 4.78 is 40.2. The number of nitrogens with one attached hydrogen (secondary N) is 1. The molecule has 0 unspecified atom stereocenters. The molecule has 0 saturated carbocycles. The van der Waals surface area contributed by atoms with Gasteiger partial charge in [0.1, 0.15) is 5.75 Å². The number of alkyl halides is 3. The van der Waals surface area contributed by atoms with E-state index in [9.17, 15) is 18.0 Å². The van der Waals surface area contributed by atoms with Gasteiger partial charge >= 0.3 is 6.36 Å². The Morgan fingerprint density at radius 3 is 2.45 bits per heavy atom. The standard InChI is InChI=1S/C16H14F3NO2.H2/c1-3-11(9-14-10(2)8-15(21)20-14)12-4-6-13(7-5-12)22-16(17,18)19;/h3-7,9H,2,8H2,1H3,(H,20,21);1H/b11-3+,14-9+;. The average molecular weight is 311 g/mol. The van der Waals surface area contributed by atoms with Gasteiger partial charge in [-0.25, -0.2) is 0 Å². The van der Waals surface area contributed by atoms with Crippen molar-refractivity contribution in [2.45, 2.75) is 19.7 Å². The van der Waals surface area contributed by atoms with Gasteiger partial charge in [-0.15, -0.1) is 13.2 Å². The first-order valence-electron chi connectivity index (χ1n) is 6.50. The quantitative estimate of drug-likeness (QED) is 0.909. The number of halogens is 3. The molecule has 118 valence electrons. The molecule has 1 saturated heterocycles. The van der Waals surface area contributed by atoms with E-state index in [4.69, 9.17) is 0 Å². The summed E-state index contributed by atoms with van der Waals surface area (Å²) in [5.41, 5.74) is 2.77. The lowest BCUT2D eigenvalue weighted by molar-refractivity contribution is -0.274. The lowest BCUT2D eigenvalue weighted by Gasteiger charge is -2.10. The zero-order chi connectivity index (χ0) is 16.3. The molecule has 0 atom stereocenters. The molecule has 1 aliphatic rings. The van der Waals surface area contributed by atoms with Gasteiger partial charge in [-0.05, 0) is 41.8 Å². The Hall–Kier alpha value is -2.50. The maximum Gasteiger partial charge on any atom is 0.573 e. The fourth-order valence-electron chi connectivity index (χ4n) is 2.05. The summed E-state index contributed by atoms with van der Waals surface area (Å²) in [7, 11) is 0. The lowest BCUT2D eigenvalue weighted by atomic mass is 10.0. The van der Waals surface area contributed by atoms with Gasteiger partial charge in [-0.3, -0.25) is 4.79 Å². The predicted octanol–water partition coefficient (Wildman–Crippen LogP) is 4.19. The van der Waals surface area contributed by atoms with Crippen molar-refractivity contribution in [3.05, 3.63) is 59.8 Å². The molecular weight excluding hydrogens is 295 g/mol. The molecule has 0 radical (unpaired) electrons.